The number of ether oxygens (including phenoxy) is 1. The Morgan fingerprint density at radius 2 is 2.05 bits per heavy atom. The van der Waals surface area contributed by atoms with Crippen LogP contribution in [0.2, 0.25) is 0 Å². The highest BCUT2D eigenvalue weighted by molar-refractivity contribution is 5.92. The highest BCUT2D eigenvalue weighted by Crippen LogP contribution is 2.22. The van der Waals surface area contributed by atoms with Gasteiger partial charge in [0.25, 0.3) is 0 Å². The van der Waals surface area contributed by atoms with Crippen LogP contribution in [-0.2, 0) is 4.74 Å². The van der Waals surface area contributed by atoms with Crippen LogP contribution >= 0.6 is 0 Å². The molecule has 0 saturated carbocycles. The van der Waals surface area contributed by atoms with Gasteiger partial charge in [0, 0.05) is 30.3 Å². The van der Waals surface area contributed by atoms with E-state index in [0.29, 0.717) is 13.2 Å². The van der Waals surface area contributed by atoms with E-state index in [2.05, 4.69) is 10.6 Å². The van der Waals surface area contributed by atoms with Gasteiger partial charge in [-0.25, -0.2) is 4.79 Å². The monoisotopic (exact) mass is 274 g/mol. The average Bonchev–Trinajstić information content (AvgIpc) is 2.79. The van der Waals surface area contributed by atoms with Gasteiger partial charge in [0.15, 0.2) is 0 Å². The van der Waals surface area contributed by atoms with Gasteiger partial charge < -0.3 is 19.8 Å². The number of amides is 2. The summed E-state index contributed by atoms with van der Waals surface area (Å²) in [7, 11) is 0. The first kappa shape index (κ1) is 13.0. The van der Waals surface area contributed by atoms with Crippen LogP contribution < -0.4 is 10.6 Å². The maximum absolute atomic E-state index is 11.9. The van der Waals surface area contributed by atoms with Gasteiger partial charge in [-0.2, -0.15) is 0 Å². The summed E-state index contributed by atoms with van der Waals surface area (Å²) in [5, 5.41) is 6.82. The van der Waals surface area contributed by atoms with Gasteiger partial charge in [0.2, 0.25) is 0 Å². The summed E-state index contributed by atoms with van der Waals surface area (Å²) in [6.45, 7) is 3.33. The quantitative estimate of drug-likeness (QED) is 0.884. The highest BCUT2D eigenvalue weighted by Gasteiger charge is 2.16. The molecule has 0 unspecified atom stereocenters. The zero-order valence-electron chi connectivity index (χ0n) is 11.4. The van der Waals surface area contributed by atoms with Gasteiger partial charge in [0.05, 0.1) is 0 Å². The Bertz CT molecular complexity index is 615. The largest absolute Gasteiger partial charge is 0.461 e. The molecule has 3 rings (SSSR count). The van der Waals surface area contributed by atoms with Gasteiger partial charge >= 0.3 is 6.03 Å². The van der Waals surface area contributed by atoms with Crippen LogP contribution in [0.5, 0.6) is 0 Å². The molecule has 5 nitrogen and oxygen atoms in total. The van der Waals surface area contributed by atoms with Crippen LogP contribution in [0.3, 0.4) is 0 Å². The number of fused-ring (bicyclic) bond motifs is 1. The number of carbonyl (C=O) groups is 1. The standard InChI is InChI=1S/C15H18N2O3/c1-10-8-11-9-13(2-3-14(11)20-10)17-15(18)16-12-4-6-19-7-5-12/h2-3,8-9,12H,4-7H2,1H3,(H2,16,17,18). The van der Waals surface area contributed by atoms with Gasteiger partial charge in [-0.3, -0.25) is 0 Å². The number of benzene rings is 1. The minimum absolute atomic E-state index is 0.170. The molecule has 1 aliphatic heterocycles. The first-order valence-corrected chi connectivity index (χ1v) is 6.86. The summed E-state index contributed by atoms with van der Waals surface area (Å²) in [6, 6.07) is 7.60. The lowest BCUT2D eigenvalue weighted by Crippen LogP contribution is -2.41. The van der Waals surface area contributed by atoms with E-state index in [1.165, 1.54) is 0 Å². The Kier molecular flexibility index (Phi) is 3.60. The summed E-state index contributed by atoms with van der Waals surface area (Å²) in [5.41, 5.74) is 1.60. The zero-order valence-corrected chi connectivity index (χ0v) is 11.4. The molecule has 2 aromatic rings. The van der Waals surface area contributed by atoms with Crippen LogP contribution in [0.25, 0.3) is 11.0 Å². The van der Waals surface area contributed by atoms with E-state index in [9.17, 15) is 4.79 Å². The van der Waals surface area contributed by atoms with Crippen molar-refractivity contribution in [2.24, 2.45) is 0 Å². The van der Waals surface area contributed by atoms with E-state index in [1.54, 1.807) is 0 Å². The predicted molar refractivity (Wildman–Crippen MR) is 76.9 cm³/mol. The van der Waals surface area contributed by atoms with E-state index in [0.717, 1.165) is 35.3 Å². The smallest absolute Gasteiger partial charge is 0.319 e. The summed E-state index contributed by atoms with van der Waals surface area (Å²) in [5.74, 6) is 0.865. The fourth-order valence-corrected chi connectivity index (χ4v) is 2.45. The molecule has 1 aliphatic rings. The molecule has 20 heavy (non-hydrogen) atoms. The molecule has 1 aromatic heterocycles. The van der Waals surface area contributed by atoms with E-state index in [1.807, 2.05) is 31.2 Å². The molecule has 1 aromatic carbocycles. The topological polar surface area (TPSA) is 63.5 Å². The molecule has 1 saturated heterocycles. The third-order valence-corrected chi connectivity index (χ3v) is 3.45. The molecule has 0 aliphatic carbocycles. The first-order chi connectivity index (χ1) is 9.70. The molecule has 5 heteroatoms. The fraction of sp³-hybridized carbons (Fsp3) is 0.400. The number of urea groups is 1. The number of hydrogen-bond acceptors (Lipinski definition) is 3. The Labute approximate surface area is 117 Å². The van der Waals surface area contributed by atoms with Crippen molar-refractivity contribution in [2.75, 3.05) is 18.5 Å². The number of aryl methyl sites for hydroxylation is 1. The molecule has 0 radical (unpaired) electrons. The Hall–Kier alpha value is -2.01. The molecule has 0 spiro atoms. The predicted octanol–water partition coefficient (Wildman–Crippen LogP) is 3.04. The second kappa shape index (κ2) is 5.54. The van der Waals surface area contributed by atoms with Crippen molar-refractivity contribution >= 4 is 22.7 Å². The fourth-order valence-electron chi connectivity index (χ4n) is 2.45. The highest BCUT2D eigenvalue weighted by atomic mass is 16.5. The van der Waals surface area contributed by atoms with Crippen molar-refractivity contribution in [2.45, 2.75) is 25.8 Å². The number of nitrogens with one attached hydrogen (secondary N) is 2. The van der Waals surface area contributed by atoms with E-state index in [-0.39, 0.29) is 12.1 Å². The van der Waals surface area contributed by atoms with Gasteiger partial charge in [-0.05, 0) is 44.0 Å². The van der Waals surface area contributed by atoms with Crippen molar-refractivity contribution in [3.63, 3.8) is 0 Å². The normalized spacial score (nSPS) is 16.2. The first-order valence-electron chi connectivity index (χ1n) is 6.86. The lowest BCUT2D eigenvalue weighted by atomic mass is 10.1. The second-order valence-electron chi connectivity index (χ2n) is 5.09. The molecule has 2 amide bonds. The molecular weight excluding hydrogens is 256 g/mol. The summed E-state index contributed by atoms with van der Waals surface area (Å²) >= 11 is 0. The third kappa shape index (κ3) is 2.93. The Balaban J connectivity index is 1.64. The maximum Gasteiger partial charge on any atom is 0.319 e. The second-order valence-corrected chi connectivity index (χ2v) is 5.09. The van der Waals surface area contributed by atoms with Crippen LogP contribution in [0.4, 0.5) is 10.5 Å². The average molecular weight is 274 g/mol. The van der Waals surface area contributed by atoms with E-state index < -0.39 is 0 Å². The number of rotatable bonds is 2. The van der Waals surface area contributed by atoms with Gasteiger partial charge in [0.1, 0.15) is 11.3 Å². The summed E-state index contributed by atoms with van der Waals surface area (Å²) < 4.78 is 10.8. The van der Waals surface area contributed by atoms with E-state index in [4.69, 9.17) is 9.15 Å². The minimum Gasteiger partial charge on any atom is -0.461 e. The lowest BCUT2D eigenvalue weighted by Gasteiger charge is -2.23. The molecule has 1 fully saturated rings. The van der Waals surface area contributed by atoms with Gasteiger partial charge in [-0.15, -0.1) is 0 Å². The molecule has 2 heterocycles. The Morgan fingerprint density at radius 3 is 2.85 bits per heavy atom. The van der Waals surface area contributed by atoms with Crippen molar-refractivity contribution in [3.05, 3.63) is 30.0 Å². The summed E-state index contributed by atoms with van der Waals surface area (Å²) in [6.07, 6.45) is 1.74. The minimum atomic E-state index is -0.170. The van der Waals surface area contributed by atoms with Gasteiger partial charge in [-0.1, -0.05) is 0 Å². The number of anilines is 1. The number of hydrogen-bond donors (Lipinski definition) is 2. The van der Waals surface area contributed by atoms with Crippen LogP contribution in [0, 0.1) is 6.92 Å². The number of furan rings is 1. The van der Waals surface area contributed by atoms with Crippen LogP contribution in [0.15, 0.2) is 28.7 Å². The SMILES string of the molecule is Cc1cc2cc(NC(=O)NC3CCOCC3)ccc2o1. The van der Waals surface area contributed by atoms with Crippen molar-refractivity contribution < 1.29 is 13.9 Å². The van der Waals surface area contributed by atoms with Crippen molar-refractivity contribution in [3.8, 4) is 0 Å². The molecule has 106 valence electrons. The molecule has 2 N–H and O–H groups in total. The van der Waals surface area contributed by atoms with Crippen LogP contribution in [0.1, 0.15) is 18.6 Å². The van der Waals surface area contributed by atoms with Crippen LogP contribution in [-0.4, -0.2) is 25.3 Å². The third-order valence-electron chi connectivity index (χ3n) is 3.45. The molecular formula is C15H18N2O3. The Morgan fingerprint density at radius 1 is 1.25 bits per heavy atom. The number of carbonyl (C=O) groups excluding carboxylic acids is 1. The van der Waals surface area contributed by atoms with Crippen molar-refractivity contribution in [1.29, 1.82) is 0 Å². The van der Waals surface area contributed by atoms with E-state index >= 15 is 0 Å². The van der Waals surface area contributed by atoms with Crippen molar-refractivity contribution in [1.82, 2.24) is 5.32 Å². The molecule has 0 atom stereocenters. The lowest BCUT2D eigenvalue weighted by molar-refractivity contribution is 0.0806. The summed E-state index contributed by atoms with van der Waals surface area (Å²) in [4.78, 5) is 11.9. The zero-order chi connectivity index (χ0) is 13.9. The molecule has 0 bridgehead atoms. The maximum atomic E-state index is 11.9.